The van der Waals surface area contributed by atoms with E-state index < -0.39 is 17.3 Å². The smallest absolute Gasteiger partial charge is 0.340 e. The summed E-state index contributed by atoms with van der Waals surface area (Å²) in [5.74, 6) is -1.48. The molecule has 7 nitrogen and oxygen atoms in total. The molecule has 1 aromatic rings. The number of anilines is 1. The highest BCUT2D eigenvalue weighted by molar-refractivity contribution is 9.10. The third-order valence-electron chi connectivity index (χ3n) is 5.43. The Bertz CT molecular complexity index is 1020. The van der Waals surface area contributed by atoms with Crippen LogP contribution in [0.25, 0.3) is 0 Å². The molecule has 1 amide bonds. The SMILES string of the molecule is COC(=O)C1=C(N)OC2=C(C(=O)CC(C)(C)C2)C12C(=O)Nc1ccc(Br)cc12. The van der Waals surface area contributed by atoms with E-state index in [9.17, 15) is 14.4 Å². The number of halogens is 1. The summed E-state index contributed by atoms with van der Waals surface area (Å²) in [7, 11) is 1.20. The van der Waals surface area contributed by atoms with Gasteiger partial charge in [-0.1, -0.05) is 29.8 Å². The fraction of sp³-hybridized carbons (Fsp3) is 0.350. The van der Waals surface area contributed by atoms with Gasteiger partial charge >= 0.3 is 5.97 Å². The van der Waals surface area contributed by atoms with Crippen molar-refractivity contribution in [2.75, 3.05) is 12.4 Å². The maximum atomic E-state index is 13.4. The van der Waals surface area contributed by atoms with Gasteiger partial charge in [-0.3, -0.25) is 9.59 Å². The number of fused-ring (bicyclic) bond motifs is 3. The van der Waals surface area contributed by atoms with Gasteiger partial charge in [0.2, 0.25) is 11.8 Å². The maximum Gasteiger partial charge on any atom is 0.340 e. The zero-order valence-electron chi connectivity index (χ0n) is 15.6. The van der Waals surface area contributed by atoms with E-state index in [-0.39, 0.29) is 34.6 Å². The van der Waals surface area contributed by atoms with Crippen molar-refractivity contribution in [3.05, 3.63) is 51.0 Å². The molecule has 1 aromatic carbocycles. The highest BCUT2D eigenvalue weighted by Gasteiger charge is 2.62. The first kappa shape index (κ1) is 18.7. The molecule has 2 heterocycles. The molecule has 0 radical (unpaired) electrons. The van der Waals surface area contributed by atoms with Crippen LogP contribution < -0.4 is 11.1 Å². The van der Waals surface area contributed by atoms with Gasteiger partial charge in [0.25, 0.3) is 0 Å². The summed E-state index contributed by atoms with van der Waals surface area (Å²) in [6, 6.07) is 5.19. The standard InChI is InChI=1S/C20H19BrN2O5/c1-19(2)7-12(24)14-13(8-19)28-16(22)15(17(25)27-3)20(14)10-6-9(21)4-5-11(10)23-18(20)26/h4-6H,7-8,22H2,1-3H3,(H,23,26). The number of benzene rings is 1. The van der Waals surface area contributed by atoms with Crippen molar-refractivity contribution in [2.45, 2.75) is 32.1 Å². The van der Waals surface area contributed by atoms with Gasteiger partial charge in [-0.2, -0.15) is 0 Å². The molecule has 28 heavy (non-hydrogen) atoms. The molecule has 1 spiro atoms. The van der Waals surface area contributed by atoms with Crippen molar-refractivity contribution in [3.8, 4) is 0 Å². The fourth-order valence-corrected chi connectivity index (χ4v) is 4.75. The van der Waals surface area contributed by atoms with Crippen LogP contribution in [-0.4, -0.2) is 24.8 Å². The van der Waals surface area contributed by atoms with Gasteiger partial charge in [0.15, 0.2) is 5.78 Å². The zero-order chi connectivity index (χ0) is 20.4. The van der Waals surface area contributed by atoms with Crippen LogP contribution >= 0.6 is 15.9 Å². The number of carbonyl (C=O) groups excluding carboxylic acids is 3. The summed E-state index contributed by atoms with van der Waals surface area (Å²) in [4.78, 5) is 39.4. The van der Waals surface area contributed by atoms with Gasteiger partial charge in [0.05, 0.1) is 12.7 Å². The Kier molecular flexibility index (Phi) is 3.98. The Labute approximate surface area is 170 Å². The van der Waals surface area contributed by atoms with Crippen molar-refractivity contribution in [3.63, 3.8) is 0 Å². The number of rotatable bonds is 1. The summed E-state index contributed by atoms with van der Waals surface area (Å²) >= 11 is 3.41. The monoisotopic (exact) mass is 446 g/mol. The Morgan fingerprint density at radius 3 is 2.68 bits per heavy atom. The number of hydrogen-bond donors (Lipinski definition) is 2. The Morgan fingerprint density at radius 2 is 2.00 bits per heavy atom. The highest BCUT2D eigenvalue weighted by atomic mass is 79.9. The number of amides is 1. The van der Waals surface area contributed by atoms with E-state index in [4.69, 9.17) is 15.2 Å². The third kappa shape index (κ3) is 2.37. The first-order valence-corrected chi connectivity index (χ1v) is 9.56. The predicted molar refractivity (Wildman–Crippen MR) is 104 cm³/mol. The van der Waals surface area contributed by atoms with E-state index in [0.717, 1.165) is 0 Å². The number of ether oxygens (including phenoxy) is 2. The Morgan fingerprint density at radius 1 is 1.29 bits per heavy atom. The van der Waals surface area contributed by atoms with Crippen molar-refractivity contribution >= 4 is 39.3 Å². The molecule has 146 valence electrons. The molecule has 0 aromatic heterocycles. The van der Waals surface area contributed by atoms with E-state index in [2.05, 4.69) is 21.2 Å². The lowest BCUT2D eigenvalue weighted by molar-refractivity contribution is -0.139. The number of nitrogens with two attached hydrogens (primary N) is 1. The van der Waals surface area contributed by atoms with Crippen LogP contribution in [0.5, 0.6) is 0 Å². The van der Waals surface area contributed by atoms with Crippen molar-refractivity contribution in [2.24, 2.45) is 11.1 Å². The van der Waals surface area contributed by atoms with Crippen LogP contribution in [-0.2, 0) is 29.3 Å². The number of carbonyl (C=O) groups is 3. The lowest BCUT2D eigenvalue weighted by Crippen LogP contribution is -2.50. The number of ketones is 1. The first-order valence-electron chi connectivity index (χ1n) is 8.76. The molecule has 0 saturated heterocycles. The minimum atomic E-state index is -1.70. The van der Waals surface area contributed by atoms with Gasteiger partial charge in [-0.25, -0.2) is 4.79 Å². The predicted octanol–water partition coefficient (Wildman–Crippen LogP) is 2.66. The molecule has 4 rings (SSSR count). The van der Waals surface area contributed by atoms with Crippen LogP contribution in [0.3, 0.4) is 0 Å². The fourth-order valence-electron chi connectivity index (χ4n) is 4.39. The van der Waals surface area contributed by atoms with E-state index in [0.29, 0.717) is 27.9 Å². The lowest BCUT2D eigenvalue weighted by atomic mass is 9.62. The molecule has 2 aliphatic heterocycles. The molecule has 3 N–H and O–H groups in total. The Hall–Kier alpha value is -2.61. The van der Waals surface area contributed by atoms with E-state index in [1.54, 1.807) is 18.2 Å². The summed E-state index contributed by atoms with van der Waals surface area (Å²) < 4.78 is 11.3. The first-order chi connectivity index (χ1) is 13.1. The average Bonchev–Trinajstić information content (AvgIpc) is 2.85. The van der Waals surface area contributed by atoms with Gasteiger partial charge in [0.1, 0.15) is 16.7 Å². The third-order valence-corrected chi connectivity index (χ3v) is 5.92. The summed E-state index contributed by atoms with van der Waals surface area (Å²) in [6.45, 7) is 3.89. The van der Waals surface area contributed by atoms with Gasteiger partial charge in [-0.15, -0.1) is 0 Å². The zero-order valence-corrected chi connectivity index (χ0v) is 17.2. The number of allylic oxidation sites excluding steroid dienone is 1. The Balaban J connectivity index is 2.11. The summed E-state index contributed by atoms with van der Waals surface area (Å²) in [5.41, 5.74) is 5.05. The molecule has 1 aliphatic carbocycles. The molecule has 3 aliphatic rings. The molecular weight excluding hydrogens is 428 g/mol. The molecule has 1 atom stereocenters. The molecular formula is C20H19BrN2O5. The number of methoxy groups -OCH3 is 1. The molecule has 8 heteroatoms. The van der Waals surface area contributed by atoms with Crippen LogP contribution in [0.15, 0.2) is 45.5 Å². The summed E-state index contributed by atoms with van der Waals surface area (Å²) in [6.07, 6.45) is 0.642. The number of nitrogens with one attached hydrogen (secondary N) is 1. The second kappa shape index (κ2) is 5.94. The lowest BCUT2D eigenvalue weighted by Gasteiger charge is -2.41. The van der Waals surface area contributed by atoms with Crippen LogP contribution in [0, 0.1) is 5.41 Å². The van der Waals surface area contributed by atoms with E-state index in [1.807, 2.05) is 13.8 Å². The molecule has 1 unspecified atom stereocenters. The highest BCUT2D eigenvalue weighted by Crippen LogP contribution is 2.56. The van der Waals surface area contributed by atoms with Crippen molar-refractivity contribution in [1.29, 1.82) is 0 Å². The van der Waals surface area contributed by atoms with Gasteiger partial charge < -0.3 is 20.5 Å². The second-order valence-corrected chi connectivity index (χ2v) is 8.88. The van der Waals surface area contributed by atoms with Crippen molar-refractivity contribution in [1.82, 2.24) is 0 Å². The largest absolute Gasteiger partial charge is 0.465 e. The minimum Gasteiger partial charge on any atom is -0.465 e. The van der Waals surface area contributed by atoms with E-state index >= 15 is 0 Å². The maximum absolute atomic E-state index is 13.4. The van der Waals surface area contributed by atoms with Gasteiger partial charge in [0, 0.05) is 28.6 Å². The van der Waals surface area contributed by atoms with E-state index in [1.165, 1.54) is 7.11 Å². The van der Waals surface area contributed by atoms with Crippen LogP contribution in [0.2, 0.25) is 0 Å². The number of hydrogen-bond acceptors (Lipinski definition) is 6. The molecule has 0 saturated carbocycles. The van der Waals surface area contributed by atoms with Crippen molar-refractivity contribution < 1.29 is 23.9 Å². The molecule has 0 bridgehead atoms. The summed E-state index contributed by atoms with van der Waals surface area (Å²) in [5, 5.41) is 2.79. The number of Topliss-reactive ketones (excluding diaryl/α,β-unsaturated/α-hetero) is 1. The number of esters is 1. The average molecular weight is 447 g/mol. The quantitative estimate of drug-likeness (QED) is 0.641. The minimum absolute atomic E-state index is 0.163. The van der Waals surface area contributed by atoms with Crippen LogP contribution in [0.1, 0.15) is 32.3 Å². The molecule has 0 fully saturated rings. The van der Waals surface area contributed by atoms with Crippen LogP contribution in [0.4, 0.5) is 5.69 Å². The topological polar surface area (TPSA) is 108 Å². The normalized spacial score (nSPS) is 25.3. The second-order valence-electron chi connectivity index (χ2n) is 7.97. The van der Waals surface area contributed by atoms with Gasteiger partial charge in [-0.05, 0) is 23.6 Å².